The molecule has 0 unspecified atom stereocenters. The Balaban J connectivity index is 1.43. The molecule has 2 N–H and O–H groups in total. The number of benzene rings is 1. The summed E-state index contributed by atoms with van der Waals surface area (Å²) in [5.74, 6) is -0.266. The number of piperidine rings is 1. The number of likely N-dealkylation sites (tertiary alicyclic amines) is 1. The van der Waals surface area contributed by atoms with Gasteiger partial charge in [0.25, 0.3) is 5.91 Å². The van der Waals surface area contributed by atoms with Crippen LogP contribution in [0.3, 0.4) is 0 Å². The number of halogens is 4. The number of alkyl halides is 3. The van der Waals surface area contributed by atoms with E-state index in [-0.39, 0.29) is 16.6 Å². The summed E-state index contributed by atoms with van der Waals surface area (Å²) in [6.45, 7) is -0.0996. The van der Waals surface area contributed by atoms with Crippen LogP contribution in [0.25, 0.3) is 11.4 Å². The van der Waals surface area contributed by atoms with Crippen LogP contribution in [-0.2, 0) is 17.1 Å². The first-order chi connectivity index (χ1) is 17.8. The number of anilines is 2. The first-order valence-electron chi connectivity index (χ1n) is 11.8. The molecular formula is C25H27ClF3N5O3S. The lowest BCUT2D eigenvalue weighted by molar-refractivity contribution is -0.147. The molecule has 1 aliphatic heterocycles. The van der Waals surface area contributed by atoms with Crippen LogP contribution in [0.2, 0.25) is 5.02 Å². The van der Waals surface area contributed by atoms with Gasteiger partial charge in [-0.2, -0.15) is 13.2 Å². The lowest BCUT2D eigenvalue weighted by atomic mass is 9.90. The molecule has 2 aromatic heterocycles. The Hall–Kier alpha value is -3.09. The number of hydrogen-bond acceptors (Lipinski definition) is 5. The Labute approximate surface area is 223 Å². The second kappa shape index (κ2) is 11.0. The summed E-state index contributed by atoms with van der Waals surface area (Å²) in [4.78, 5) is 18.9. The van der Waals surface area contributed by atoms with Gasteiger partial charge in [0, 0.05) is 30.2 Å². The van der Waals surface area contributed by atoms with Crippen LogP contribution in [0.5, 0.6) is 0 Å². The van der Waals surface area contributed by atoms with Gasteiger partial charge >= 0.3 is 6.18 Å². The van der Waals surface area contributed by atoms with E-state index >= 15 is 0 Å². The average Bonchev–Trinajstić information content (AvgIpc) is 3.19. The summed E-state index contributed by atoms with van der Waals surface area (Å²) in [5, 5.41) is 2.97. The maximum Gasteiger partial charge on any atom is 0.401 e. The molecule has 0 aliphatic carbocycles. The minimum atomic E-state index is -4.19. The number of nitrogens with one attached hydrogen (secondary N) is 2. The molecule has 0 saturated carbocycles. The van der Waals surface area contributed by atoms with E-state index in [0.717, 1.165) is 11.8 Å². The molecule has 1 amide bonds. The molecule has 0 spiro atoms. The maximum atomic E-state index is 12.9. The van der Waals surface area contributed by atoms with Gasteiger partial charge < -0.3 is 9.88 Å². The van der Waals surface area contributed by atoms with Crippen LogP contribution in [0.4, 0.5) is 24.5 Å². The van der Waals surface area contributed by atoms with E-state index in [4.69, 9.17) is 11.6 Å². The van der Waals surface area contributed by atoms with Crippen LogP contribution in [0.15, 0.2) is 48.8 Å². The predicted octanol–water partition coefficient (Wildman–Crippen LogP) is 5.11. The highest BCUT2D eigenvalue weighted by Crippen LogP contribution is 2.31. The molecule has 38 heavy (non-hydrogen) atoms. The molecule has 3 heterocycles. The number of aromatic nitrogens is 2. The van der Waals surface area contributed by atoms with Gasteiger partial charge in [0.2, 0.25) is 10.0 Å². The Morgan fingerprint density at radius 2 is 1.82 bits per heavy atom. The molecular weight excluding hydrogens is 543 g/mol. The van der Waals surface area contributed by atoms with E-state index < -0.39 is 28.7 Å². The van der Waals surface area contributed by atoms with E-state index in [9.17, 15) is 26.4 Å². The minimum absolute atomic E-state index is 0.149. The maximum absolute atomic E-state index is 12.9. The van der Waals surface area contributed by atoms with Gasteiger partial charge in [-0.3, -0.25) is 19.4 Å². The van der Waals surface area contributed by atoms with Crippen molar-refractivity contribution in [3.63, 3.8) is 0 Å². The third kappa shape index (κ3) is 7.49. The molecule has 1 aromatic carbocycles. The zero-order chi connectivity index (χ0) is 27.7. The number of pyridine rings is 1. The predicted molar refractivity (Wildman–Crippen MR) is 141 cm³/mol. The van der Waals surface area contributed by atoms with Crippen LogP contribution in [0, 0.1) is 0 Å². The summed E-state index contributed by atoms with van der Waals surface area (Å²) in [5.41, 5.74) is 3.23. The summed E-state index contributed by atoms with van der Waals surface area (Å²) in [7, 11) is -1.74. The molecule has 1 saturated heterocycles. The Morgan fingerprint density at radius 1 is 1.13 bits per heavy atom. The largest absolute Gasteiger partial charge is 0.401 e. The van der Waals surface area contributed by atoms with Crippen molar-refractivity contribution < 1.29 is 26.4 Å². The highest BCUT2D eigenvalue weighted by atomic mass is 35.5. The molecule has 8 nitrogen and oxygen atoms in total. The number of amides is 1. The number of rotatable bonds is 7. The molecule has 0 bridgehead atoms. The number of hydrogen-bond donors (Lipinski definition) is 2. The normalized spacial score (nSPS) is 15.4. The molecule has 1 aliphatic rings. The molecule has 13 heteroatoms. The van der Waals surface area contributed by atoms with Crippen LogP contribution >= 0.6 is 11.6 Å². The molecule has 1 fully saturated rings. The summed E-state index contributed by atoms with van der Waals surface area (Å²) in [6.07, 6.45) is 1.49. The van der Waals surface area contributed by atoms with Crippen molar-refractivity contribution in [2.24, 2.45) is 7.05 Å². The fourth-order valence-electron chi connectivity index (χ4n) is 4.56. The number of sulfonamides is 1. The zero-order valence-corrected chi connectivity index (χ0v) is 22.3. The Bertz CT molecular complexity index is 1420. The molecule has 0 atom stereocenters. The third-order valence-corrected chi connectivity index (χ3v) is 7.06. The molecule has 0 radical (unpaired) electrons. The quantitative estimate of drug-likeness (QED) is 0.412. The van der Waals surface area contributed by atoms with Gasteiger partial charge in [0.05, 0.1) is 35.4 Å². The Morgan fingerprint density at radius 3 is 2.42 bits per heavy atom. The average molecular weight is 570 g/mol. The topological polar surface area (TPSA) is 96.3 Å². The van der Waals surface area contributed by atoms with Crippen molar-refractivity contribution in [3.8, 4) is 11.4 Å². The molecule has 3 aromatic rings. The minimum Gasteiger partial charge on any atom is -0.348 e. The van der Waals surface area contributed by atoms with Gasteiger partial charge in [0.15, 0.2) is 0 Å². The van der Waals surface area contributed by atoms with E-state index in [1.165, 1.54) is 23.1 Å². The second-order valence-corrected chi connectivity index (χ2v) is 11.6. The van der Waals surface area contributed by atoms with Gasteiger partial charge in [-0.15, -0.1) is 0 Å². The van der Waals surface area contributed by atoms with Crippen LogP contribution in [0.1, 0.15) is 34.7 Å². The Kier molecular flexibility index (Phi) is 8.05. The molecule has 204 valence electrons. The summed E-state index contributed by atoms with van der Waals surface area (Å²) in [6, 6.07) is 9.86. The van der Waals surface area contributed by atoms with Crippen LogP contribution < -0.4 is 10.0 Å². The van der Waals surface area contributed by atoms with E-state index in [1.54, 1.807) is 30.1 Å². The first-order valence-corrected chi connectivity index (χ1v) is 14.0. The standard InChI is InChI=1S/C25H27ClF3N5O3S/c1-33-14-18(24(35)31-20-10-19(26)11-21(12-20)32-38(2,36)37)9-23(33)22-4-3-17(13-30-22)16-5-7-34(8-6-16)15-25(27,28)29/h3-4,9-14,16,32H,5-8,15H2,1-2H3,(H,31,35). The zero-order valence-electron chi connectivity index (χ0n) is 20.7. The molecule has 4 rings (SSSR count). The number of carbonyl (C=O) groups is 1. The van der Waals surface area contributed by atoms with E-state index in [2.05, 4.69) is 15.0 Å². The van der Waals surface area contributed by atoms with Crippen molar-refractivity contribution in [3.05, 3.63) is 64.9 Å². The summed E-state index contributed by atoms with van der Waals surface area (Å²) < 4.78 is 65.0. The fourth-order valence-corrected chi connectivity index (χ4v) is 5.34. The van der Waals surface area contributed by atoms with Crippen LogP contribution in [-0.4, -0.2) is 60.8 Å². The smallest absolute Gasteiger partial charge is 0.348 e. The number of aryl methyl sites for hydroxylation is 1. The third-order valence-electron chi connectivity index (χ3n) is 6.24. The fraction of sp³-hybridized carbons (Fsp3) is 0.360. The summed E-state index contributed by atoms with van der Waals surface area (Å²) >= 11 is 6.07. The monoisotopic (exact) mass is 569 g/mol. The SMILES string of the molecule is Cn1cc(C(=O)Nc2cc(Cl)cc(NS(C)(=O)=O)c2)cc1-c1ccc(C2CCN(CC(F)(F)F)CC2)cn1. The first kappa shape index (κ1) is 27.9. The van der Waals surface area contributed by atoms with Gasteiger partial charge in [0.1, 0.15) is 0 Å². The van der Waals surface area contributed by atoms with Crippen molar-refractivity contribution in [1.82, 2.24) is 14.5 Å². The van der Waals surface area contributed by atoms with Crippen molar-refractivity contribution in [2.45, 2.75) is 24.9 Å². The second-order valence-electron chi connectivity index (χ2n) is 9.42. The van der Waals surface area contributed by atoms with Crippen molar-refractivity contribution in [2.75, 3.05) is 35.9 Å². The lowest BCUT2D eigenvalue weighted by Crippen LogP contribution is -2.39. The number of carbonyl (C=O) groups excluding carboxylic acids is 1. The number of nitrogens with zero attached hydrogens (tertiary/aromatic N) is 3. The van der Waals surface area contributed by atoms with Crippen molar-refractivity contribution >= 4 is 38.9 Å². The van der Waals surface area contributed by atoms with Gasteiger partial charge in [-0.05, 0) is 67.7 Å². The highest BCUT2D eigenvalue weighted by molar-refractivity contribution is 7.92. The van der Waals surface area contributed by atoms with Gasteiger partial charge in [-0.25, -0.2) is 8.42 Å². The van der Waals surface area contributed by atoms with Gasteiger partial charge in [-0.1, -0.05) is 17.7 Å². The van der Waals surface area contributed by atoms with Crippen molar-refractivity contribution in [1.29, 1.82) is 0 Å². The highest BCUT2D eigenvalue weighted by Gasteiger charge is 2.32. The van der Waals surface area contributed by atoms with E-state index in [1.807, 2.05) is 12.1 Å². The van der Waals surface area contributed by atoms with E-state index in [0.29, 0.717) is 48.6 Å². The lowest BCUT2D eigenvalue weighted by Gasteiger charge is -2.32.